The van der Waals surface area contributed by atoms with Crippen LogP contribution in [0.1, 0.15) is 0 Å². The highest BCUT2D eigenvalue weighted by atomic mass is 32.2. The van der Waals surface area contributed by atoms with Gasteiger partial charge in [-0.2, -0.15) is 0 Å². The Labute approximate surface area is 126 Å². The summed E-state index contributed by atoms with van der Waals surface area (Å²) in [5, 5.41) is 11.0. The van der Waals surface area contributed by atoms with E-state index >= 15 is 0 Å². The molecule has 0 saturated heterocycles. The first-order valence-corrected chi connectivity index (χ1v) is 7.40. The van der Waals surface area contributed by atoms with Crippen molar-refractivity contribution in [2.24, 2.45) is 0 Å². The van der Waals surface area contributed by atoms with Crippen LogP contribution in [0.5, 0.6) is 5.75 Å². The van der Waals surface area contributed by atoms with Gasteiger partial charge >= 0.3 is 0 Å². The van der Waals surface area contributed by atoms with Gasteiger partial charge in [0.25, 0.3) is 15.7 Å². The third kappa shape index (κ3) is 2.81. The van der Waals surface area contributed by atoms with E-state index in [9.17, 15) is 18.5 Å². The van der Waals surface area contributed by atoms with Gasteiger partial charge in [-0.1, -0.05) is 12.1 Å². The third-order valence-corrected chi connectivity index (χ3v) is 4.62. The van der Waals surface area contributed by atoms with Crippen molar-refractivity contribution in [2.45, 2.75) is 4.90 Å². The zero-order chi connectivity index (χ0) is 16.3. The number of anilines is 1. The number of aromatic nitrogens is 2. The first kappa shape index (κ1) is 15.6. The van der Waals surface area contributed by atoms with E-state index < -0.39 is 25.5 Å². The molecule has 1 aromatic heterocycles. The molecule has 0 N–H and O–H groups in total. The van der Waals surface area contributed by atoms with Gasteiger partial charge in [-0.15, -0.1) is 0 Å². The Balaban J connectivity index is 2.47. The Morgan fingerprint density at radius 1 is 1.23 bits per heavy atom. The van der Waals surface area contributed by atoms with Crippen LogP contribution < -0.4 is 9.04 Å². The van der Waals surface area contributed by atoms with Crippen molar-refractivity contribution in [2.75, 3.05) is 18.5 Å². The minimum atomic E-state index is -4.16. The van der Waals surface area contributed by atoms with E-state index in [-0.39, 0.29) is 5.95 Å². The molecular formula is C12H12N4O5S. The standard InChI is InChI=1S/C12H12N4O5S/c1-15(12-13-7-9(21-2)8-14-12)22(19,20)11-6-4-3-5-10(11)16(17)18/h3-8H,1-2H3. The number of para-hydroxylation sites is 1. The van der Waals surface area contributed by atoms with Crippen LogP contribution in [0, 0.1) is 10.1 Å². The molecule has 0 atom stereocenters. The van der Waals surface area contributed by atoms with Gasteiger partial charge in [-0.3, -0.25) is 10.1 Å². The Morgan fingerprint density at radius 3 is 2.36 bits per heavy atom. The second-order valence-electron chi connectivity index (χ2n) is 4.12. The summed E-state index contributed by atoms with van der Waals surface area (Å²) in [6.07, 6.45) is 2.60. The summed E-state index contributed by atoms with van der Waals surface area (Å²) in [7, 11) is -1.52. The number of ether oxygens (including phenoxy) is 1. The van der Waals surface area contributed by atoms with Gasteiger partial charge in [-0.05, 0) is 6.07 Å². The van der Waals surface area contributed by atoms with Gasteiger partial charge in [0.1, 0.15) is 0 Å². The maximum absolute atomic E-state index is 12.5. The molecule has 10 heteroatoms. The van der Waals surface area contributed by atoms with Crippen LogP contribution in [-0.4, -0.2) is 37.5 Å². The molecule has 0 aliphatic carbocycles. The molecule has 0 fully saturated rings. The summed E-state index contributed by atoms with van der Waals surface area (Å²) < 4.78 is 30.7. The van der Waals surface area contributed by atoms with Crippen LogP contribution in [0.4, 0.5) is 11.6 Å². The molecule has 0 bridgehead atoms. The van der Waals surface area contributed by atoms with E-state index in [1.54, 1.807) is 0 Å². The average molecular weight is 324 g/mol. The highest BCUT2D eigenvalue weighted by molar-refractivity contribution is 7.93. The van der Waals surface area contributed by atoms with E-state index in [0.29, 0.717) is 5.75 Å². The van der Waals surface area contributed by atoms with Crippen molar-refractivity contribution in [3.8, 4) is 5.75 Å². The molecule has 22 heavy (non-hydrogen) atoms. The van der Waals surface area contributed by atoms with Gasteiger partial charge in [0.05, 0.1) is 24.4 Å². The molecule has 116 valence electrons. The summed E-state index contributed by atoms with van der Waals surface area (Å²) in [5.41, 5.74) is -0.511. The topological polar surface area (TPSA) is 116 Å². The zero-order valence-electron chi connectivity index (χ0n) is 11.7. The summed E-state index contributed by atoms with van der Waals surface area (Å²) in [5.74, 6) is 0.235. The van der Waals surface area contributed by atoms with E-state index in [4.69, 9.17) is 4.74 Å². The van der Waals surface area contributed by atoms with Gasteiger partial charge in [0, 0.05) is 13.1 Å². The Hall–Kier alpha value is -2.75. The van der Waals surface area contributed by atoms with Gasteiger partial charge in [-0.25, -0.2) is 22.7 Å². The number of nitro benzene ring substituents is 1. The predicted octanol–water partition coefficient (Wildman–Crippen LogP) is 1.22. The predicted molar refractivity (Wildman–Crippen MR) is 77.3 cm³/mol. The van der Waals surface area contributed by atoms with Crippen molar-refractivity contribution in [3.63, 3.8) is 0 Å². The number of rotatable bonds is 5. The van der Waals surface area contributed by atoms with Crippen LogP contribution >= 0.6 is 0 Å². The molecule has 0 unspecified atom stereocenters. The van der Waals surface area contributed by atoms with Gasteiger partial charge < -0.3 is 4.74 Å². The minimum Gasteiger partial charge on any atom is -0.494 e. The normalized spacial score (nSPS) is 11.0. The quantitative estimate of drug-likeness (QED) is 0.599. The molecule has 0 aliphatic rings. The van der Waals surface area contributed by atoms with E-state index in [1.165, 1.54) is 38.7 Å². The lowest BCUT2D eigenvalue weighted by Gasteiger charge is -2.17. The number of benzene rings is 1. The first-order chi connectivity index (χ1) is 10.4. The molecule has 2 aromatic rings. The Morgan fingerprint density at radius 2 is 1.82 bits per heavy atom. The molecule has 0 amide bonds. The fourth-order valence-electron chi connectivity index (χ4n) is 1.66. The Kier molecular flexibility index (Phi) is 4.22. The highest BCUT2D eigenvalue weighted by Gasteiger charge is 2.30. The third-order valence-electron chi connectivity index (χ3n) is 2.83. The number of nitrogens with zero attached hydrogens (tertiary/aromatic N) is 4. The lowest BCUT2D eigenvalue weighted by Crippen LogP contribution is -2.28. The lowest BCUT2D eigenvalue weighted by molar-refractivity contribution is -0.387. The molecule has 0 spiro atoms. The van der Waals surface area contributed by atoms with Crippen molar-refractivity contribution in [3.05, 3.63) is 46.8 Å². The monoisotopic (exact) mass is 324 g/mol. The average Bonchev–Trinajstić information content (AvgIpc) is 2.54. The molecule has 1 aromatic carbocycles. The maximum Gasteiger partial charge on any atom is 0.289 e. The zero-order valence-corrected chi connectivity index (χ0v) is 12.5. The number of hydrogen-bond acceptors (Lipinski definition) is 7. The summed E-state index contributed by atoms with van der Waals surface area (Å²) in [6.45, 7) is 0. The van der Waals surface area contributed by atoms with Crippen LogP contribution in [0.25, 0.3) is 0 Å². The molecular weight excluding hydrogens is 312 g/mol. The van der Waals surface area contributed by atoms with Crippen molar-refractivity contribution >= 4 is 21.7 Å². The molecule has 0 aliphatic heterocycles. The second kappa shape index (κ2) is 5.93. The van der Waals surface area contributed by atoms with Crippen LogP contribution in [0.2, 0.25) is 0 Å². The van der Waals surface area contributed by atoms with Crippen LogP contribution in [0.15, 0.2) is 41.6 Å². The number of sulfonamides is 1. The van der Waals surface area contributed by atoms with E-state index in [0.717, 1.165) is 16.4 Å². The molecule has 2 rings (SSSR count). The first-order valence-electron chi connectivity index (χ1n) is 5.96. The van der Waals surface area contributed by atoms with Crippen LogP contribution in [0.3, 0.4) is 0 Å². The summed E-state index contributed by atoms with van der Waals surface area (Å²) in [4.78, 5) is 17.5. The Bertz CT molecular complexity index is 791. The van der Waals surface area contributed by atoms with Gasteiger partial charge in [0.15, 0.2) is 10.6 Å². The lowest BCUT2D eigenvalue weighted by atomic mass is 10.3. The molecule has 0 saturated carbocycles. The fourth-order valence-corrected chi connectivity index (χ4v) is 2.92. The highest BCUT2D eigenvalue weighted by Crippen LogP contribution is 2.27. The molecule has 0 radical (unpaired) electrons. The van der Waals surface area contributed by atoms with E-state index in [1.807, 2.05) is 0 Å². The number of hydrogen-bond donors (Lipinski definition) is 0. The molecule has 9 nitrogen and oxygen atoms in total. The largest absolute Gasteiger partial charge is 0.494 e. The summed E-state index contributed by atoms with van der Waals surface area (Å²) in [6, 6.07) is 5.08. The van der Waals surface area contributed by atoms with Crippen molar-refractivity contribution < 1.29 is 18.1 Å². The minimum absolute atomic E-state index is 0.126. The molecule has 1 heterocycles. The number of methoxy groups -OCH3 is 1. The van der Waals surface area contributed by atoms with E-state index in [2.05, 4.69) is 9.97 Å². The summed E-state index contributed by atoms with van der Waals surface area (Å²) >= 11 is 0. The van der Waals surface area contributed by atoms with Crippen molar-refractivity contribution in [1.29, 1.82) is 0 Å². The van der Waals surface area contributed by atoms with Gasteiger partial charge in [0.2, 0.25) is 5.95 Å². The fraction of sp³-hybridized carbons (Fsp3) is 0.167. The smallest absolute Gasteiger partial charge is 0.289 e. The maximum atomic E-state index is 12.5. The SMILES string of the molecule is COc1cnc(N(C)S(=O)(=O)c2ccccc2[N+](=O)[O-])nc1. The second-order valence-corrected chi connectivity index (χ2v) is 6.06. The number of nitro groups is 1. The van der Waals surface area contributed by atoms with Crippen molar-refractivity contribution in [1.82, 2.24) is 9.97 Å². The van der Waals surface area contributed by atoms with Crippen LogP contribution in [-0.2, 0) is 10.0 Å².